The summed E-state index contributed by atoms with van der Waals surface area (Å²) in [7, 11) is -1.77. The molecular formula is C59H89N5O8S2+2. The Morgan fingerprint density at radius 2 is 1.57 bits per heavy atom. The van der Waals surface area contributed by atoms with Gasteiger partial charge in [-0.25, -0.2) is 14.4 Å². The fourth-order valence-electron chi connectivity index (χ4n) is 18.7. The first-order valence-corrected chi connectivity index (χ1v) is 31.2. The van der Waals surface area contributed by atoms with Gasteiger partial charge in [-0.05, 0) is 135 Å². The van der Waals surface area contributed by atoms with Crippen LogP contribution in [0.2, 0.25) is 0 Å². The van der Waals surface area contributed by atoms with Gasteiger partial charge in [-0.2, -0.15) is 8.42 Å². The van der Waals surface area contributed by atoms with Gasteiger partial charge in [-0.1, -0.05) is 51.0 Å². The number of ether oxygens (including phenoxy) is 1. The van der Waals surface area contributed by atoms with E-state index in [4.69, 9.17) is 14.3 Å². The van der Waals surface area contributed by atoms with Crippen LogP contribution in [0.4, 0.5) is 0 Å². The molecule has 74 heavy (non-hydrogen) atoms. The highest BCUT2D eigenvalue weighted by molar-refractivity contribution is 7.95. The van der Waals surface area contributed by atoms with Crippen LogP contribution in [0.1, 0.15) is 152 Å². The molecule has 11 aliphatic rings. The van der Waals surface area contributed by atoms with Gasteiger partial charge >= 0.3 is 0 Å². The van der Waals surface area contributed by atoms with E-state index in [1.54, 1.807) is 0 Å². The zero-order chi connectivity index (χ0) is 52.4. The van der Waals surface area contributed by atoms with Crippen LogP contribution in [0, 0.1) is 57.2 Å². The van der Waals surface area contributed by atoms with Crippen LogP contribution < -0.4 is 5.32 Å². The number of fused-ring (bicyclic) bond motifs is 10. The van der Waals surface area contributed by atoms with Crippen molar-refractivity contribution in [2.75, 3.05) is 33.2 Å². The van der Waals surface area contributed by atoms with Gasteiger partial charge < -0.3 is 19.9 Å². The number of carbonyl (C=O) groups is 1. The minimum absolute atomic E-state index is 0.000629. The number of hydrogen-bond acceptors (Lipinski definition) is 10. The zero-order valence-corrected chi connectivity index (χ0v) is 47.9. The second-order valence-electron chi connectivity index (χ2n) is 27.0. The molecule has 11 rings (SSSR count). The molecule has 14 atom stereocenters. The molecule has 4 saturated carbocycles. The van der Waals surface area contributed by atoms with Gasteiger partial charge in [0.1, 0.15) is 13.6 Å². The molecule has 2 saturated heterocycles. The molecule has 0 spiro atoms. The van der Waals surface area contributed by atoms with Gasteiger partial charge in [0, 0.05) is 125 Å². The third kappa shape index (κ3) is 8.72. The smallest absolute Gasteiger partial charge is 0.267 e. The summed E-state index contributed by atoms with van der Waals surface area (Å²) in [5.41, 5.74) is 8.11. The highest BCUT2D eigenvalue weighted by Crippen LogP contribution is 2.60. The van der Waals surface area contributed by atoms with E-state index in [2.05, 4.69) is 135 Å². The van der Waals surface area contributed by atoms with E-state index in [0.29, 0.717) is 65.9 Å². The van der Waals surface area contributed by atoms with Crippen molar-refractivity contribution in [3.8, 4) is 0 Å². The Kier molecular flexibility index (Phi) is 14.1. The molecule has 0 aromatic heterocycles. The van der Waals surface area contributed by atoms with Crippen LogP contribution in [0.25, 0.3) is 0 Å². The first-order valence-electron chi connectivity index (χ1n) is 28.9. The Bertz CT molecular complexity index is 2590. The summed E-state index contributed by atoms with van der Waals surface area (Å²) in [6.45, 7) is 25.0. The Labute approximate surface area is 447 Å². The SMILES string of the molecule is CCN1/C(=C/C=C/C=C/C2=[N+](C)C3CCC(CNC(=O)C4CCC5C(C4)C(C)(C)C4=C6C=C7C8=[N+](CCC7OC6CCN45)C4CCC(SOOO)CC4C8(C)C)CC3C2(C)C)C(C)(C)C2CC(S(=O)(=O)O)CCC21. The van der Waals surface area contributed by atoms with Crippen molar-refractivity contribution in [3.63, 3.8) is 0 Å². The van der Waals surface area contributed by atoms with E-state index in [9.17, 15) is 17.8 Å². The number of nitrogens with zero attached hydrogens (tertiary/aromatic N) is 4. The summed E-state index contributed by atoms with van der Waals surface area (Å²) in [6, 6.07) is 1.75. The lowest BCUT2D eigenvalue weighted by atomic mass is 9.66. The lowest BCUT2D eigenvalue weighted by molar-refractivity contribution is -0.571. The van der Waals surface area contributed by atoms with Gasteiger partial charge in [0.05, 0.1) is 28.3 Å². The molecule has 13 nitrogen and oxygen atoms in total. The molecule has 15 heteroatoms. The topological polar surface area (TPSA) is 144 Å². The molecule has 7 heterocycles. The van der Waals surface area contributed by atoms with Crippen molar-refractivity contribution in [2.24, 2.45) is 57.2 Å². The lowest BCUT2D eigenvalue weighted by Crippen LogP contribution is -2.47. The fraction of sp³-hybridized carbons (Fsp3) is 0.780. The second kappa shape index (κ2) is 19.5. The first kappa shape index (κ1) is 53.2. The number of allylic oxidation sites excluding steroid dienone is 7. The number of amides is 1. The molecule has 0 aromatic carbocycles. The minimum Gasteiger partial charge on any atom is -0.371 e. The molecule has 14 unspecified atom stereocenters. The molecule has 7 aliphatic heterocycles. The Morgan fingerprint density at radius 1 is 0.824 bits per heavy atom. The van der Waals surface area contributed by atoms with E-state index in [-0.39, 0.29) is 51.6 Å². The lowest BCUT2D eigenvalue weighted by Gasteiger charge is -2.43. The summed E-state index contributed by atoms with van der Waals surface area (Å²) in [5.74, 6) is 2.36. The molecule has 6 fully saturated rings. The zero-order valence-electron chi connectivity index (χ0n) is 46.2. The van der Waals surface area contributed by atoms with E-state index in [1.165, 1.54) is 46.0 Å². The third-order valence-electron chi connectivity index (χ3n) is 22.3. The molecule has 408 valence electrons. The Morgan fingerprint density at radius 3 is 2.32 bits per heavy atom. The van der Waals surface area contributed by atoms with Crippen LogP contribution in [0.3, 0.4) is 0 Å². The summed E-state index contributed by atoms with van der Waals surface area (Å²) >= 11 is 1.26. The van der Waals surface area contributed by atoms with Crippen LogP contribution in [0.5, 0.6) is 0 Å². The molecule has 0 radical (unpaired) electrons. The maximum Gasteiger partial charge on any atom is 0.267 e. The number of hydrogen-bond donors (Lipinski definition) is 3. The van der Waals surface area contributed by atoms with E-state index < -0.39 is 15.4 Å². The van der Waals surface area contributed by atoms with Gasteiger partial charge in [-0.15, -0.1) is 4.33 Å². The predicted molar refractivity (Wildman–Crippen MR) is 291 cm³/mol. The van der Waals surface area contributed by atoms with Crippen molar-refractivity contribution in [2.45, 2.75) is 199 Å². The molecule has 3 N–H and O–H groups in total. The van der Waals surface area contributed by atoms with Gasteiger partial charge in [0.25, 0.3) is 10.1 Å². The fourth-order valence-corrected chi connectivity index (χ4v) is 20.2. The molecule has 0 bridgehead atoms. The summed E-state index contributed by atoms with van der Waals surface area (Å²) in [4.78, 5) is 19.6. The number of likely N-dealkylation sites (tertiary alicyclic amines) is 1. The van der Waals surface area contributed by atoms with Crippen molar-refractivity contribution in [1.29, 1.82) is 0 Å². The predicted octanol–water partition coefficient (Wildman–Crippen LogP) is 9.78. The van der Waals surface area contributed by atoms with E-state index in [1.807, 2.05) is 0 Å². The van der Waals surface area contributed by atoms with Crippen LogP contribution in [-0.4, -0.2) is 135 Å². The molecule has 0 aromatic rings. The number of nitrogens with one attached hydrogen (secondary N) is 1. The van der Waals surface area contributed by atoms with Crippen molar-refractivity contribution in [3.05, 3.63) is 59.0 Å². The summed E-state index contributed by atoms with van der Waals surface area (Å²) < 4.78 is 51.6. The minimum atomic E-state index is -4.05. The first-order chi connectivity index (χ1) is 35.1. The second-order valence-corrected chi connectivity index (χ2v) is 29.7. The normalized spacial score (nSPS) is 40.2. The summed E-state index contributed by atoms with van der Waals surface area (Å²) in [5, 5.41) is 16.0. The van der Waals surface area contributed by atoms with Crippen molar-refractivity contribution in [1.82, 2.24) is 15.1 Å². The van der Waals surface area contributed by atoms with Gasteiger partial charge in [-0.3, -0.25) is 9.35 Å². The van der Waals surface area contributed by atoms with Crippen molar-refractivity contribution < 1.29 is 46.3 Å². The maximum absolute atomic E-state index is 14.3. The number of carbonyl (C=O) groups excluding carboxylic acids is 1. The average Bonchev–Trinajstić information content (AvgIpc) is 3.92. The molecular weight excluding hydrogens is 971 g/mol. The van der Waals surface area contributed by atoms with E-state index >= 15 is 0 Å². The third-order valence-corrected chi connectivity index (χ3v) is 24.4. The molecule has 1 amide bonds. The largest absolute Gasteiger partial charge is 0.371 e. The Balaban J connectivity index is 0.723. The Hall–Kier alpha value is -2.79. The average molecular weight is 1060 g/mol. The quantitative estimate of drug-likeness (QED) is 0.0455. The van der Waals surface area contributed by atoms with Crippen LogP contribution in [-0.2, 0) is 29.0 Å². The monoisotopic (exact) mass is 1060 g/mol. The highest BCUT2D eigenvalue weighted by atomic mass is 32.2. The highest BCUT2D eigenvalue weighted by Gasteiger charge is 2.63. The van der Waals surface area contributed by atoms with Crippen LogP contribution >= 0.6 is 12.0 Å². The van der Waals surface area contributed by atoms with Crippen molar-refractivity contribution >= 4 is 39.5 Å². The van der Waals surface area contributed by atoms with Gasteiger partial charge in [0.15, 0.2) is 23.5 Å². The van der Waals surface area contributed by atoms with Crippen LogP contribution in [0.15, 0.2) is 59.0 Å². The number of rotatable bonds is 11. The van der Waals surface area contributed by atoms with Gasteiger partial charge in [0.2, 0.25) is 5.91 Å². The molecule has 4 aliphatic carbocycles. The summed E-state index contributed by atoms with van der Waals surface area (Å²) in [6.07, 6.45) is 27.2. The standard InChI is InChI=1S/C59H87N5O8S2/c1-11-62-46-24-20-38(74(67,68)69)32-44(46)57(4,5)52(62)16-14-12-13-15-51-56(2,3)41-29-35(17-21-45(41)61(51)10)34-60-55(65)36-18-22-47-42(30-36)58(6,7)53-39-33-40-50(70-49(39)25-27-63(47)53)26-28-64-48-23-19-37(73-72-71-66)31-43(48)59(8,9)54(40)64/h12-16,33,35-38,41-50H,11,17-32,34H2,1-10H3,(H-2,60,65,66,67,68,69)/p+2. The van der Waals surface area contributed by atoms with E-state index in [0.717, 1.165) is 103 Å². The maximum atomic E-state index is 14.3.